The van der Waals surface area contributed by atoms with Crippen molar-refractivity contribution >= 4 is 27.3 Å². The highest BCUT2D eigenvalue weighted by Gasteiger charge is 2.27. The van der Waals surface area contributed by atoms with Gasteiger partial charge in [0.2, 0.25) is 10.0 Å². The minimum Gasteiger partial charge on any atom is -0.360 e. The minimum atomic E-state index is -3.58. The summed E-state index contributed by atoms with van der Waals surface area (Å²) in [7, 11) is -1.79. The van der Waals surface area contributed by atoms with Gasteiger partial charge in [0, 0.05) is 18.3 Å². The van der Waals surface area contributed by atoms with Crippen LogP contribution in [0.25, 0.3) is 0 Å². The van der Waals surface area contributed by atoms with Crippen LogP contribution in [0.2, 0.25) is 0 Å². The Hall–Kier alpha value is -2.38. The Morgan fingerprint density at radius 2 is 1.91 bits per heavy atom. The van der Waals surface area contributed by atoms with Crippen LogP contribution in [0.15, 0.2) is 53.4 Å². The van der Waals surface area contributed by atoms with E-state index < -0.39 is 10.0 Å². The molecule has 0 atom stereocenters. The quantitative estimate of drug-likeness (QED) is 0.882. The number of carbonyl (C=O) groups is 1. The number of benzene rings is 2. The first-order chi connectivity index (χ1) is 10.5. The predicted molar refractivity (Wildman–Crippen MR) is 84.4 cm³/mol. The van der Waals surface area contributed by atoms with Gasteiger partial charge in [-0.25, -0.2) is 8.42 Å². The lowest BCUT2D eigenvalue weighted by atomic mass is 10.1. The van der Waals surface area contributed by atoms with Crippen molar-refractivity contribution < 1.29 is 13.2 Å². The van der Waals surface area contributed by atoms with Crippen LogP contribution < -0.4 is 14.9 Å². The third-order valence-corrected chi connectivity index (χ3v) is 4.86. The van der Waals surface area contributed by atoms with Crippen LogP contribution >= 0.6 is 0 Å². The molecule has 1 aliphatic heterocycles. The van der Waals surface area contributed by atoms with Crippen LogP contribution in [0.4, 0.5) is 11.4 Å². The van der Waals surface area contributed by atoms with E-state index in [0.29, 0.717) is 16.9 Å². The zero-order valence-corrected chi connectivity index (χ0v) is 12.7. The van der Waals surface area contributed by atoms with Crippen molar-refractivity contribution in [3.8, 4) is 0 Å². The molecule has 0 aromatic heterocycles. The highest BCUT2D eigenvalue weighted by atomic mass is 32.2. The van der Waals surface area contributed by atoms with Crippen molar-refractivity contribution in [3.05, 3.63) is 54.1 Å². The summed E-state index contributed by atoms with van der Waals surface area (Å²) < 4.78 is 26.6. The molecule has 1 amide bonds. The molecule has 3 rings (SSSR count). The molecule has 7 heteroatoms. The molecule has 2 N–H and O–H groups in total. The number of carbonyl (C=O) groups excluding carboxylic acids is 1. The van der Waals surface area contributed by atoms with Gasteiger partial charge in [-0.05, 0) is 30.3 Å². The van der Waals surface area contributed by atoms with E-state index in [1.807, 2.05) is 18.2 Å². The maximum absolute atomic E-state index is 12.3. The van der Waals surface area contributed by atoms with E-state index in [9.17, 15) is 13.2 Å². The summed E-state index contributed by atoms with van der Waals surface area (Å²) in [5, 5.41) is 2.74. The van der Waals surface area contributed by atoms with Gasteiger partial charge in [-0.1, -0.05) is 18.2 Å². The monoisotopic (exact) mass is 317 g/mol. The third kappa shape index (κ3) is 2.68. The molecule has 114 valence electrons. The summed E-state index contributed by atoms with van der Waals surface area (Å²) in [6, 6.07) is 13.7. The summed E-state index contributed by atoms with van der Waals surface area (Å²) in [5.74, 6) is -0.350. The average molecular weight is 317 g/mol. The van der Waals surface area contributed by atoms with Gasteiger partial charge < -0.3 is 10.2 Å². The highest BCUT2D eigenvalue weighted by Crippen LogP contribution is 2.28. The van der Waals surface area contributed by atoms with Crippen molar-refractivity contribution in [2.45, 2.75) is 4.90 Å². The van der Waals surface area contributed by atoms with Crippen molar-refractivity contribution in [1.82, 2.24) is 4.72 Å². The molecule has 0 unspecified atom stereocenters. The lowest BCUT2D eigenvalue weighted by molar-refractivity contribution is 0.102. The van der Waals surface area contributed by atoms with Gasteiger partial charge in [0.1, 0.15) is 4.90 Å². The van der Waals surface area contributed by atoms with Gasteiger partial charge in [0.05, 0.1) is 12.4 Å². The van der Waals surface area contributed by atoms with Crippen LogP contribution in [0, 0.1) is 0 Å². The smallest absolute Gasteiger partial charge is 0.255 e. The highest BCUT2D eigenvalue weighted by molar-refractivity contribution is 7.89. The Morgan fingerprint density at radius 3 is 2.64 bits per heavy atom. The number of sulfonamides is 1. The molecule has 0 fully saturated rings. The first-order valence-corrected chi connectivity index (χ1v) is 8.17. The molecule has 0 aliphatic carbocycles. The van der Waals surface area contributed by atoms with E-state index in [1.165, 1.54) is 6.07 Å². The fourth-order valence-corrected chi connectivity index (χ4v) is 3.56. The van der Waals surface area contributed by atoms with Gasteiger partial charge >= 0.3 is 0 Å². The maximum Gasteiger partial charge on any atom is 0.255 e. The van der Waals surface area contributed by atoms with Crippen molar-refractivity contribution in [1.29, 1.82) is 0 Å². The van der Waals surface area contributed by atoms with Crippen LogP contribution in [0.5, 0.6) is 0 Å². The Labute approximate surface area is 128 Å². The van der Waals surface area contributed by atoms with Crippen molar-refractivity contribution in [3.63, 3.8) is 0 Å². The first kappa shape index (κ1) is 14.6. The van der Waals surface area contributed by atoms with Crippen LogP contribution in [-0.4, -0.2) is 28.0 Å². The van der Waals surface area contributed by atoms with E-state index in [4.69, 9.17) is 0 Å². The van der Waals surface area contributed by atoms with E-state index >= 15 is 0 Å². The van der Waals surface area contributed by atoms with E-state index in [1.54, 1.807) is 36.2 Å². The molecule has 2 aromatic rings. The molecule has 0 radical (unpaired) electrons. The fraction of sp³-hybridized carbons (Fsp3) is 0.133. The average Bonchev–Trinajstić information content (AvgIpc) is 2.52. The lowest BCUT2D eigenvalue weighted by Gasteiger charge is -2.28. The van der Waals surface area contributed by atoms with Gasteiger partial charge in [-0.15, -0.1) is 0 Å². The number of hydrogen-bond acceptors (Lipinski definition) is 4. The minimum absolute atomic E-state index is 0.113. The summed E-state index contributed by atoms with van der Waals surface area (Å²) in [5.41, 5.74) is 1.53. The standard InChI is InChI=1S/C15H15N3O3S/c1-18-10-16-22(20,21)14-9-11(7-8-13(14)18)15(19)17-12-5-3-2-4-6-12/h2-9,16H,10H2,1H3,(H,17,19). The SMILES string of the molecule is CN1CNS(=O)(=O)c2cc(C(=O)Nc3ccccc3)ccc21. The molecule has 2 aromatic carbocycles. The van der Waals surface area contributed by atoms with E-state index in [-0.39, 0.29) is 17.5 Å². The Balaban J connectivity index is 1.95. The summed E-state index contributed by atoms with van der Waals surface area (Å²) in [6.45, 7) is 0.213. The number of nitrogens with zero attached hydrogens (tertiary/aromatic N) is 1. The third-order valence-electron chi connectivity index (χ3n) is 3.45. The number of amides is 1. The number of anilines is 2. The topological polar surface area (TPSA) is 78.5 Å². The number of para-hydroxylation sites is 1. The Bertz CT molecular complexity index is 819. The van der Waals surface area contributed by atoms with Crippen LogP contribution in [0.1, 0.15) is 10.4 Å². The zero-order valence-electron chi connectivity index (χ0n) is 11.9. The molecule has 0 saturated carbocycles. The number of fused-ring (bicyclic) bond motifs is 1. The van der Waals surface area contributed by atoms with E-state index in [0.717, 1.165) is 0 Å². The summed E-state index contributed by atoms with van der Waals surface area (Å²) in [6.07, 6.45) is 0. The van der Waals surface area contributed by atoms with Gasteiger partial charge in [0.15, 0.2) is 0 Å². The second-order valence-corrected chi connectivity index (χ2v) is 6.74. The molecule has 0 spiro atoms. The van der Waals surface area contributed by atoms with Gasteiger partial charge in [-0.2, -0.15) is 4.72 Å². The fourth-order valence-electron chi connectivity index (χ4n) is 2.26. The van der Waals surface area contributed by atoms with Crippen LogP contribution in [0.3, 0.4) is 0 Å². The van der Waals surface area contributed by atoms with Crippen molar-refractivity contribution in [2.75, 3.05) is 23.9 Å². The molecule has 1 heterocycles. The second kappa shape index (κ2) is 5.43. The largest absolute Gasteiger partial charge is 0.360 e. The molecule has 6 nitrogen and oxygen atoms in total. The van der Waals surface area contributed by atoms with Gasteiger partial charge in [0.25, 0.3) is 5.91 Å². The molecule has 22 heavy (non-hydrogen) atoms. The number of rotatable bonds is 2. The summed E-state index contributed by atoms with van der Waals surface area (Å²) >= 11 is 0. The summed E-state index contributed by atoms with van der Waals surface area (Å²) in [4.78, 5) is 14.1. The molecular weight excluding hydrogens is 302 g/mol. The molecule has 0 saturated heterocycles. The Kier molecular flexibility index (Phi) is 3.59. The van der Waals surface area contributed by atoms with Gasteiger partial charge in [-0.3, -0.25) is 4.79 Å². The lowest BCUT2D eigenvalue weighted by Crippen LogP contribution is -2.41. The van der Waals surface area contributed by atoms with Crippen molar-refractivity contribution in [2.24, 2.45) is 0 Å². The zero-order chi connectivity index (χ0) is 15.7. The number of hydrogen-bond donors (Lipinski definition) is 2. The predicted octanol–water partition coefficient (Wildman–Crippen LogP) is 1.62. The number of nitrogens with one attached hydrogen (secondary N) is 2. The first-order valence-electron chi connectivity index (χ1n) is 6.69. The van der Waals surface area contributed by atoms with Crippen LogP contribution in [-0.2, 0) is 10.0 Å². The molecular formula is C15H15N3O3S. The van der Waals surface area contributed by atoms with E-state index in [2.05, 4.69) is 10.0 Å². The molecule has 1 aliphatic rings. The normalized spacial score (nSPS) is 16.0. The molecule has 0 bridgehead atoms. The maximum atomic E-state index is 12.3. The Morgan fingerprint density at radius 1 is 1.18 bits per heavy atom. The second-order valence-electron chi connectivity index (χ2n) is 5.01.